The molecule has 5 aromatic carbocycles. The van der Waals surface area contributed by atoms with Gasteiger partial charge < -0.3 is 26.4 Å². The molecule has 4 amide bonds. The highest BCUT2D eigenvalue weighted by molar-refractivity contribution is 6.22. The number of amides is 4. The highest BCUT2D eigenvalue weighted by atomic mass is 35.5. The second-order valence-corrected chi connectivity index (χ2v) is 31.7. The van der Waals surface area contributed by atoms with Crippen LogP contribution in [0.25, 0.3) is 0 Å². The van der Waals surface area contributed by atoms with Gasteiger partial charge in [-0.1, -0.05) is 84.9 Å². The number of nitrogens with zero attached hydrogens (tertiary/aromatic N) is 16. The van der Waals surface area contributed by atoms with Crippen molar-refractivity contribution in [1.29, 1.82) is 11.1 Å². The average molecular weight is 1800 g/mol. The molecular formula is C103H102Cl2N20O7. The molecule has 8 N–H and O–H groups in total. The molecule has 2 aliphatic heterocycles. The van der Waals surface area contributed by atoms with Gasteiger partial charge in [-0.25, -0.2) is 11.1 Å². The molecule has 29 heteroatoms. The van der Waals surface area contributed by atoms with Crippen LogP contribution in [0.2, 0.25) is 0 Å². The van der Waals surface area contributed by atoms with Crippen molar-refractivity contribution < 1.29 is 35.9 Å². The second-order valence-electron chi connectivity index (χ2n) is 31.1. The highest BCUT2D eigenvalue weighted by Crippen LogP contribution is 2.35. The lowest BCUT2D eigenvalue weighted by Crippen LogP contribution is -2.29. The van der Waals surface area contributed by atoms with E-state index in [0.29, 0.717) is 135 Å². The minimum Gasteiger partial charge on any atom is -0.507 e. The van der Waals surface area contributed by atoms with Crippen LogP contribution in [0.3, 0.4) is 0 Å². The summed E-state index contributed by atoms with van der Waals surface area (Å²) in [4.78, 5) is 108. The number of imide groups is 2. The number of rotatable bonds is 35. The number of phenols is 3. The zero-order valence-corrected chi connectivity index (χ0v) is 74.1. The first-order valence-corrected chi connectivity index (χ1v) is 43.8. The van der Waals surface area contributed by atoms with Gasteiger partial charge in [0.2, 0.25) is 0 Å². The van der Waals surface area contributed by atoms with Crippen LogP contribution in [0.4, 0.5) is 0 Å². The number of nitrogens with one attached hydrogen (secondary N) is 3. The Hall–Kier alpha value is -14.8. The fraction of sp³-hybridized carbons (Fsp3) is 0.184. The summed E-state index contributed by atoms with van der Waals surface area (Å²) in [6.07, 6.45) is 17.9. The van der Waals surface area contributed by atoms with Gasteiger partial charge in [0, 0.05) is 195 Å². The van der Waals surface area contributed by atoms with Crippen molar-refractivity contribution in [2.45, 2.75) is 123 Å². The van der Waals surface area contributed by atoms with Crippen LogP contribution < -0.4 is 11.1 Å². The number of hydrogen-bond donors (Lipinski definition) is 7. The van der Waals surface area contributed by atoms with E-state index < -0.39 is 0 Å². The summed E-state index contributed by atoms with van der Waals surface area (Å²) >= 11 is 11.7. The van der Waals surface area contributed by atoms with Gasteiger partial charge in [-0.05, 0) is 199 Å². The Morgan fingerprint density at radius 3 is 0.667 bits per heavy atom. The smallest absolute Gasteiger partial charge is 0.261 e. The average Bonchev–Trinajstić information content (AvgIpc) is 1.66. The van der Waals surface area contributed by atoms with Gasteiger partial charge in [0.25, 0.3) is 23.6 Å². The third-order valence-electron chi connectivity index (χ3n) is 21.5. The van der Waals surface area contributed by atoms with E-state index in [2.05, 4.69) is 74.8 Å². The SMILES string of the molecule is N=N.NCc1cc(CN(Cc2ccccn2)Cc2ccccn2)c(O)c(CN(Cc2ccccn2)Cc2ccccn2)c1.O=C1c2ccccc2C(=O)N1Cc1cc(CCl)c(O)c(CCl)c1.O=C1c2ccccc2C(=O)N1Cc1cc(CN(Cc2ccccn2)Cc2ccccn2)c(O)c(CN(Cc2ccccn2)Cc2ccccn2)c1.[HH].c1ccc(CNCc2ccccn2)nc1. The standard InChI is InChI=1S/C41H37N7O3.C33H35N7O.C17H13Cl2NO3.C12H13N3.H2N2.H2/c49-39-31(24-46(26-33-11-3-7-17-42-33)27-34-12-4-8-18-43-34)21-30(23-48-40(50)37-15-1-2-16-38(37)41(48)51)22-32(39)25-47(28-35-13-5-9-19-44-35)29-36-14-6-10-20-45-36;34-19-26-17-27(20-39(22-29-9-1-5-13-35-29)23-30-10-2-6-14-36-30)33(41)28(18-26)21-40(24-31-11-3-7-15-37-31)25-32-12-4-8-16-38-32;18-7-11-5-10(6-12(8-19)15(11)21)9-20-16(22)13-3-1-2-4-14(13)17(20)23;1-3-7-14-11(5-1)9-13-10-12-6-2-4-8-15-12;1-2;/h1-22,49H,23-29H2;1-18,41H,19-25,34H2;1-6,21H,7-9H2;1-8,13H,9-10H2;1-2H;1H. The number of benzene rings is 5. The third-order valence-corrected chi connectivity index (χ3v) is 22.1. The van der Waals surface area contributed by atoms with Crippen molar-refractivity contribution in [3.8, 4) is 17.2 Å². The Morgan fingerprint density at radius 1 is 0.280 bits per heavy atom. The summed E-state index contributed by atoms with van der Waals surface area (Å²) in [5.41, 5.74) is 33.6. The molecule has 10 aromatic heterocycles. The summed E-state index contributed by atoms with van der Waals surface area (Å²) in [6, 6.07) is 83.6. The van der Waals surface area contributed by atoms with Crippen LogP contribution in [0, 0.1) is 11.1 Å². The predicted octanol–water partition coefficient (Wildman–Crippen LogP) is 17.3. The molecule has 0 atom stereocenters. The molecule has 0 spiro atoms. The van der Waals surface area contributed by atoms with Crippen LogP contribution in [-0.4, -0.2) is 118 Å². The monoisotopic (exact) mass is 1800 g/mol. The maximum atomic E-state index is 13.4. The first-order valence-electron chi connectivity index (χ1n) is 42.7. The molecule has 0 saturated heterocycles. The maximum Gasteiger partial charge on any atom is 0.261 e. The zero-order valence-electron chi connectivity index (χ0n) is 72.6. The van der Waals surface area contributed by atoms with Crippen molar-refractivity contribution in [3.05, 3.63) is 458 Å². The molecule has 15 aromatic rings. The normalized spacial score (nSPS) is 11.9. The van der Waals surface area contributed by atoms with E-state index >= 15 is 0 Å². The Morgan fingerprint density at radius 2 is 0.470 bits per heavy atom. The molecule has 0 fully saturated rings. The first-order chi connectivity index (χ1) is 64.7. The summed E-state index contributed by atoms with van der Waals surface area (Å²) in [7, 11) is 0. The largest absolute Gasteiger partial charge is 0.507 e. The van der Waals surface area contributed by atoms with E-state index in [-0.39, 0.29) is 67.2 Å². The fourth-order valence-electron chi connectivity index (χ4n) is 15.3. The zero-order chi connectivity index (χ0) is 92.2. The molecule has 670 valence electrons. The molecule has 0 bridgehead atoms. The topological polar surface area (TPSA) is 363 Å². The Labute approximate surface area is 777 Å². The molecule has 0 aliphatic carbocycles. The number of nitrogens with two attached hydrogens (primary N) is 1. The van der Waals surface area contributed by atoms with E-state index in [9.17, 15) is 34.5 Å². The lowest BCUT2D eigenvalue weighted by molar-refractivity contribution is 0.0627. The molecule has 12 heterocycles. The van der Waals surface area contributed by atoms with Crippen molar-refractivity contribution >= 4 is 46.8 Å². The number of halogens is 2. The number of alkyl halides is 2. The van der Waals surface area contributed by atoms with Crippen LogP contribution >= 0.6 is 23.2 Å². The fourth-order valence-corrected chi connectivity index (χ4v) is 15.7. The number of pyridine rings is 10. The van der Waals surface area contributed by atoms with Gasteiger partial charge in [0.1, 0.15) is 17.2 Å². The number of aromatic nitrogens is 10. The lowest BCUT2D eigenvalue weighted by Gasteiger charge is -2.26. The Bertz CT molecular complexity index is 5690. The van der Waals surface area contributed by atoms with Gasteiger partial charge in [-0.15, -0.1) is 23.2 Å². The van der Waals surface area contributed by atoms with E-state index in [1.807, 2.05) is 206 Å². The van der Waals surface area contributed by atoms with Crippen molar-refractivity contribution in [2.75, 3.05) is 0 Å². The van der Waals surface area contributed by atoms with E-state index in [1.165, 1.54) is 9.80 Å². The molecule has 2 aliphatic rings. The third kappa shape index (κ3) is 27.2. The number of aromatic hydroxyl groups is 3. The van der Waals surface area contributed by atoms with E-state index in [0.717, 1.165) is 92.3 Å². The number of hydrogen-bond acceptors (Lipinski definition) is 25. The Kier molecular flexibility index (Phi) is 35.3. The summed E-state index contributed by atoms with van der Waals surface area (Å²) in [6.45, 7) is 8.38. The molecule has 0 saturated carbocycles. The maximum absolute atomic E-state index is 13.4. The van der Waals surface area contributed by atoms with Crippen LogP contribution in [0.5, 0.6) is 17.2 Å². The minimum atomic E-state index is -0.328. The van der Waals surface area contributed by atoms with E-state index in [4.69, 9.17) is 40.0 Å². The first kappa shape index (κ1) is 94.8. The number of carbonyl (C=O) groups excluding carboxylic acids is 4. The van der Waals surface area contributed by atoms with Crippen LogP contribution in [0.1, 0.15) is 150 Å². The van der Waals surface area contributed by atoms with Crippen molar-refractivity contribution in [3.63, 3.8) is 0 Å². The van der Waals surface area contributed by atoms with Gasteiger partial charge >= 0.3 is 0 Å². The van der Waals surface area contributed by atoms with Gasteiger partial charge in [0.15, 0.2) is 0 Å². The molecular weight excluding hydrogens is 1700 g/mol. The van der Waals surface area contributed by atoms with Crippen molar-refractivity contribution in [2.24, 2.45) is 5.73 Å². The molecule has 0 radical (unpaired) electrons. The van der Waals surface area contributed by atoms with Gasteiger partial charge in [0.05, 0.1) is 104 Å². The highest BCUT2D eigenvalue weighted by Gasteiger charge is 2.37. The number of phenolic OH excluding ortho intramolecular Hbond substituents is 3. The minimum absolute atomic E-state index is 0. The number of fused-ring (bicyclic) bond motifs is 2. The lowest BCUT2D eigenvalue weighted by atomic mass is 10.0. The summed E-state index contributed by atoms with van der Waals surface area (Å²) < 4.78 is 0. The summed E-state index contributed by atoms with van der Waals surface area (Å²) in [5.74, 6) is -0.576. The quantitative estimate of drug-likeness (QED) is 0.0110. The van der Waals surface area contributed by atoms with Gasteiger partial charge in [-0.3, -0.25) is 98.4 Å². The van der Waals surface area contributed by atoms with Crippen LogP contribution in [-0.2, 0) is 123 Å². The molecule has 27 nitrogen and oxygen atoms in total. The van der Waals surface area contributed by atoms with Crippen LogP contribution in [0.15, 0.2) is 329 Å². The molecule has 0 unspecified atom stereocenters. The summed E-state index contributed by atoms with van der Waals surface area (Å²) in [5, 5.41) is 36.9. The molecule has 17 rings (SSSR count). The second kappa shape index (κ2) is 49.1. The van der Waals surface area contributed by atoms with Gasteiger partial charge in [-0.2, -0.15) is 0 Å². The van der Waals surface area contributed by atoms with E-state index in [1.54, 1.807) is 123 Å². The predicted molar refractivity (Wildman–Crippen MR) is 505 cm³/mol. The number of carbonyl (C=O) groups is 4. The Balaban J connectivity index is 0.000000172. The van der Waals surface area contributed by atoms with Crippen molar-refractivity contribution in [1.82, 2.24) is 84.6 Å². The molecule has 132 heavy (non-hydrogen) atoms.